The van der Waals surface area contributed by atoms with Crippen LogP contribution >= 0.6 is 12.4 Å². The second-order valence-electron chi connectivity index (χ2n) is 6.12. The van der Waals surface area contributed by atoms with Gasteiger partial charge in [0, 0.05) is 12.5 Å². The molecule has 0 aromatic heterocycles. The van der Waals surface area contributed by atoms with Crippen LogP contribution in [0.15, 0.2) is 18.2 Å². The highest BCUT2D eigenvalue weighted by molar-refractivity contribution is 5.85. The highest BCUT2D eigenvalue weighted by Gasteiger charge is 2.57. The Morgan fingerprint density at radius 2 is 2.05 bits per heavy atom. The van der Waals surface area contributed by atoms with Crippen LogP contribution in [-0.4, -0.2) is 25.5 Å². The van der Waals surface area contributed by atoms with Gasteiger partial charge in [-0.3, -0.25) is 4.79 Å². The number of amides is 1. The van der Waals surface area contributed by atoms with E-state index >= 15 is 0 Å². The average Bonchev–Trinajstić information content (AvgIpc) is 3.17. The van der Waals surface area contributed by atoms with Crippen LogP contribution in [0.5, 0.6) is 0 Å². The summed E-state index contributed by atoms with van der Waals surface area (Å²) in [6.07, 6.45) is 3.40. The van der Waals surface area contributed by atoms with E-state index in [0.29, 0.717) is 18.5 Å². The van der Waals surface area contributed by atoms with Gasteiger partial charge in [0.1, 0.15) is 0 Å². The zero-order valence-corrected chi connectivity index (χ0v) is 13.1. The van der Waals surface area contributed by atoms with Gasteiger partial charge in [0.2, 0.25) is 5.91 Å². The van der Waals surface area contributed by atoms with Gasteiger partial charge < -0.3 is 10.6 Å². The summed E-state index contributed by atoms with van der Waals surface area (Å²) in [5, 5.41) is 6.17. The maximum atomic E-state index is 13.5. The van der Waals surface area contributed by atoms with Crippen LogP contribution in [0.3, 0.4) is 0 Å². The molecule has 6 heteroatoms. The van der Waals surface area contributed by atoms with Gasteiger partial charge in [0.25, 0.3) is 0 Å². The smallest absolute Gasteiger partial charge is 0.223 e. The minimum atomic E-state index is -0.838. The number of hydrogen-bond donors (Lipinski definition) is 2. The summed E-state index contributed by atoms with van der Waals surface area (Å²) in [5.74, 6) is -1.48. The van der Waals surface area contributed by atoms with Gasteiger partial charge in [-0.25, -0.2) is 8.78 Å². The van der Waals surface area contributed by atoms with Crippen molar-refractivity contribution in [3.05, 3.63) is 35.4 Å². The van der Waals surface area contributed by atoms with E-state index < -0.39 is 11.6 Å². The minimum absolute atomic E-state index is 0. The lowest BCUT2D eigenvalue weighted by molar-refractivity contribution is -0.123. The Labute approximate surface area is 135 Å². The largest absolute Gasteiger partial charge is 0.356 e. The number of nitrogens with one attached hydrogen (secondary N) is 2. The van der Waals surface area contributed by atoms with Crippen molar-refractivity contribution in [2.24, 2.45) is 11.3 Å². The molecule has 1 atom stereocenters. The molecule has 1 aromatic carbocycles. The summed E-state index contributed by atoms with van der Waals surface area (Å²) in [5.41, 5.74) is 0.516. The number of carbonyl (C=O) groups excluding carboxylic acids is 1. The molecular weight excluding hydrogens is 310 g/mol. The zero-order valence-electron chi connectivity index (χ0n) is 12.3. The Kier molecular flexibility index (Phi) is 5.40. The number of hydrogen-bond acceptors (Lipinski definition) is 2. The molecule has 1 aliphatic heterocycles. The van der Waals surface area contributed by atoms with Crippen LogP contribution in [0.25, 0.3) is 0 Å². The predicted molar refractivity (Wildman–Crippen MR) is 83.0 cm³/mol. The van der Waals surface area contributed by atoms with Crippen LogP contribution in [0, 0.1) is 23.0 Å². The lowest BCUT2D eigenvalue weighted by Crippen LogP contribution is -2.34. The molecular formula is C16H21ClF2N2O. The maximum absolute atomic E-state index is 13.5. The van der Waals surface area contributed by atoms with Gasteiger partial charge in [0.15, 0.2) is 11.6 Å². The van der Waals surface area contributed by atoms with E-state index in [0.717, 1.165) is 38.4 Å². The fourth-order valence-electron chi connectivity index (χ4n) is 3.38. The highest BCUT2D eigenvalue weighted by Crippen LogP contribution is 2.58. The summed E-state index contributed by atoms with van der Waals surface area (Å²) in [7, 11) is 0. The number of carbonyl (C=O) groups is 1. The van der Waals surface area contributed by atoms with Crippen molar-refractivity contribution in [2.75, 3.05) is 19.6 Å². The topological polar surface area (TPSA) is 41.1 Å². The van der Waals surface area contributed by atoms with Crippen LogP contribution in [0.4, 0.5) is 8.78 Å². The number of halogens is 3. The molecule has 1 spiro atoms. The lowest BCUT2D eigenvalue weighted by atomic mass is 9.92. The molecule has 3 rings (SSSR count). The third kappa shape index (κ3) is 3.41. The molecule has 0 radical (unpaired) electrons. The molecule has 1 unspecified atom stereocenters. The highest BCUT2D eigenvalue weighted by atomic mass is 35.5. The molecule has 122 valence electrons. The minimum Gasteiger partial charge on any atom is -0.356 e. The monoisotopic (exact) mass is 330 g/mol. The van der Waals surface area contributed by atoms with E-state index in [1.807, 2.05) is 0 Å². The summed E-state index contributed by atoms with van der Waals surface area (Å²) >= 11 is 0. The van der Waals surface area contributed by atoms with Gasteiger partial charge in [-0.2, -0.15) is 0 Å². The average molecular weight is 331 g/mol. The van der Waals surface area contributed by atoms with Gasteiger partial charge in [-0.05, 0) is 55.8 Å². The SMILES string of the molecule is Cl.O=C(NCCc1cccc(F)c1F)C1CC12CCNCC2. The number of piperidine rings is 1. The van der Waals surface area contributed by atoms with Crippen LogP contribution in [0.1, 0.15) is 24.8 Å². The molecule has 1 saturated carbocycles. The number of rotatable bonds is 4. The molecule has 1 saturated heterocycles. The number of benzene rings is 1. The first-order chi connectivity index (χ1) is 10.1. The predicted octanol–water partition coefficient (Wildman–Crippen LogP) is 2.44. The lowest BCUT2D eigenvalue weighted by Gasteiger charge is -2.23. The Morgan fingerprint density at radius 3 is 2.77 bits per heavy atom. The molecule has 1 heterocycles. The van der Waals surface area contributed by atoms with Crippen molar-refractivity contribution in [1.82, 2.24) is 10.6 Å². The zero-order chi connectivity index (χ0) is 14.9. The maximum Gasteiger partial charge on any atom is 0.223 e. The first-order valence-electron chi connectivity index (χ1n) is 7.54. The summed E-state index contributed by atoms with van der Waals surface area (Å²) in [6, 6.07) is 4.14. The fourth-order valence-corrected chi connectivity index (χ4v) is 3.38. The Balaban J connectivity index is 0.00000176. The fraction of sp³-hybridized carbons (Fsp3) is 0.562. The summed E-state index contributed by atoms with van der Waals surface area (Å²) in [6.45, 7) is 2.32. The Hall–Kier alpha value is -1.20. The van der Waals surface area contributed by atoms with Crippen molar-refractivity contribution < 1.29 is 13.6 Å². The van der Waals surface area contributed by atoms with E-state index in [2.05, 4.69) is 10.6 Å². The van der Waals surface area contributed by atoms with Crippen molar-refractivity contribution in [1.29, 1.82) is 0 Å². The van der Waals surface area contributed by atoms with E-state index in [4.69, 9.17) is 0 Å². The molecule has 2 fully saturated rings. The van der Waals surface area contributed by atoms with Crippen molar-refractivity contribution >= 4 is 18.3 Å². The molecule has 1 amide bonds. The molecule has 2 N–H and O–H groups in total. The second kappa shape index (κ2) is 6.92. The van der Waals surface area contributed by atoms with Gasteiger partial charge >= 0.3 is 0 Å². The normalized spacial score (nSPS) is 22.0. The van der Waals surface area contributed by atoms with E-state index in [1.165, 1.54) is 6.07 Å². The molecule has 3 nitrogen and oxygen atoms in total. The Morgan fingerprint density at radius 1 is 1.32 bits per heavy atom. The van der Waals surface area contributed by atoms with Crippen LogP contribution in [0.2, 0.25) is 0 Å². The van der Waals surface area contributed by atoms with Crippen LogP contribution < -0.4 is 10.6 Å². The quantitative estimate of drug-likeness (QED) is 0.890. The molecule has 22 heavy (non-hydrogen) atoms. The van der Waals surface area contributed by atoms with E-state index in [9.17, 15) is 13.6 Å². The second-order valence-corrected chi connectivity index (χ2v) is 6.12. The third-order valence-corrected chi connectivity index (χ3v) is 4.83. The molecule has 1 aromatic rings. The van der Waals surface area contributed by atoms with Crippen molar-refractivity contribution in [3.63, 3.8) is 0 Å². The van der Waals surface area contributed by atoms with Crippen molar-refractivity contribution in [3.8, 4) is 0 Å². The van der Waals surface area contributed by atoms with Crippen molar-refractivity contribution in [2.45, 2.75) is 25.7 Å². The first-order valence-corrected chi connectivity index (χ1v) is 7.54. The molecule has 0 bridgehead atoms. The summed E-state index contributed by atoms with van der Waals surface area (Å²) < 4.78 is 26.6. The first kappa shape index (κ1) is 17.2. The third-order valence-electron chi connectivity index (χ3n) is 4.83. The molecule has 2 aliphatic rings. The van der Waals surface area contributed by atoms with Gasteiger partial charge in [0.05, 0.1) is 0 Å². The van der Waals surface area contributed by atoms with Crippen LogP contribution in [-0.2, 0) is 11.2 Å². The van der Waals surface area contributed by atoms with Gasteiger partial charge in [-0.15, -0.1) is 12.4 Å². The standard InChI is InChI=1S/C16H20F2N2O.ClH/c17-13-3-1-2-11(14(13)18)4-7-20-15(21)12-10-16(12)5-8-19-9-6-16;/h1-3,12,19H,4-10H2,(H,20,21);1H. The van der Waals surface area contributed by atoms with E-state index in [-0.39, 0.29) is 29.6 Å². The van der Waals surface area contributed by atoms with Gasteiger partial charge in [-0.1, -0.05) is 12.1 Å². The Bertz CT molecular complexity index is 547. The molecule has 1 aliphatic carbocycles. The van der Waals surface area contributed by atoms with E-state index in [1.54, 1.807) is 6.07 Å². The summed E-state index contributed by atoms with van der Waals surface area (Å²) in [4.78, 5) is 12.1.